The summed E-state index contributed by atoms with van der Waals surface area (Å²) < 4.78 is 0. The molecule has 5 nitrogen and oxygen atoms in total. The number of alkyl halides is 1. The van der Waals surface area contributed by atoms with Gasteiger partial charge in [-0.25, -0.2) is 0 Å². The van der Waals surface area contributed by atoms with Crippen LogP contribution in [0.4, 0.5) is 5.69 Å². The molecule has 0 spiro atoms. The second-order valence-corrected chi connectivity index (χ2v) is 3.36. The number of rotatable bonds is 2. The van der Waals surface area contributed by atoms with E-state index in [0.29, 0.717) is 5.39 Å². The molecule has 1 heterocycles. The number of carbonyl (C=O) groups excluding carboxylic acids is 1. The van der Waals surface area contributed by atoms with E-state index >= 15 is 0 Å². The van der Waals surface area contributed by atoms with Gasteiger partial charge in [0.15, 0.2) is 5.69 Å². The van der Waals surface area contributed by atoms with Gasteiger partial charge in [-0.15, -0.1) is 21.8 Å². The number of para-hydroxylation sites is 1. The number of halogens is 1. The van der Waals surface area contributed by atoms with Crippen LogP contribution in [0.5, 0.6) is 5.88 Å². The van der Waals surface area contributed by atoms with Crippen LogP contribution in [-0.4, -0.2) is 21.9 Å². The van der Waals surface area contributed by atoms with E-state index in [1.165, 1.54) is 0 Å². The average Bonchev–Trinajstić information content (AvgIpc) is 2.62. The number of nitrogens with one attached hydrogen (secondary N) is 1. The summed E-state index contributed by atoms with van der Waals surface area (Å²) >= 11 is 5.28. The normalized spacial score (nSPS) is 11.3. The van der Waals surface area contributed by atoms with E-state index in [9.17, 15) is 9.90 Å². The first-order valence-electron chi connectivity index (χ1n) is 4.52. The lowest BCUT2D eigenvalue weighted by molar-refractivity contribution is -0.115. The number of nitrogens with zero attached hydrogens (tertiary/aromatic N) is 2. The highest BCUT2D eigenvalue weighted by Crippen LogP contribution is 2.34. The summed E-state index contributed by atoms with van der Waals surface area (Å²) in [5, 5.41) is 17.3. The summed E-state index contributed by atoms with van der Waals surface area (Å²) in [6, 6.07) is 7.18. The van der Waals surface area contributed by atoms with E-state index < -0.39 is 5.91 Å². The van der Waals surface area contributed by atoms with Crippen molar-refractivity contribution in [2.24, 2.45) is 10.2 Å². The fourth-order valence-corrected chi connectivity index (χ4v) is 1.40. The summed E-state index contributed by atoms with van der Waals surface area (Å²) in [5.74, 6) is -0.897. The van der Waals surface area contributed by atoms with E-state index in [-0.39, 0.29) is 17.4 Å². The Bertz CT molecular complexity index is 562. The number of fused-ring (bicyclic) bond motifs is 1. The van der Waals surface area contributed by atoms with E-state index in [4.69, 9.17) is 11.6 Å². The molecule has 1 aromatic carbocycles. The van der Waals surface area contributed by atoms with Gasteiger partial charge < -0.3 is 10.1 Å². The summed E-state index contributed by atoms with van der Waals surface area (Å²) in [6.45, 7) is 0. The molecular weight excluding hydrogens is 230 g/mol. The van der Waals surface area contributed by atoms with Crippen LogP contribution in [0.3, 0.4) is 0 Å². The average molecular weight is 238 g/mol. The van der Waals surface area contributed by atoms with Gasteiger partial charge in [-0.1, -0.05) is 18.2 Å². The van der Waals surface area contributed by atoms with Gasteiger partial charge in [-0.3, -0.25) is 4.79 Å². The van der Waals surface area contributed by atoms with E-state index in [2.05, 4.69) is 15.2 Å². The van der Waals surface area contributed by atoms with E-state index in [1.807, 2.05) is 6.07 Å². The monoisotopic (exact) mass is 237 g/mol. The molecule has 0 saturated carbocycles. The van der Waals surface area contributed by atoms with Crippen LogP contribution >= 0.6 is 11.6 Å². The molecule has 0 aliphatic carbocycles. The highest BCUT2D eigenvalue weighted by Gasteiger charge is 2.09. The lowest BCUT2D eigenvalue weighted by atomic mass is 10.2. The van der Waals surface area contributed by atoms with Crippen LogP contribution in [0, 0.1) is 0 Å². The molecule has 0 aliphatic rings. The second-order valence-electron chi connectivity index (χ2n) is 3.10. The van der Waals surface area contributed by atoms with Crippen LogP contribution < -0.4 is 0 Å². The molecule has 0 unspecified atom stereocenters. The fraction of sp³-hybridized carbons (Fsp3) is 0.100. The first-order valence-corrected chi connectivity index (χ1v) is 5.06. The number of aromatic nitrogens is 1. The number of carbonyl (C=O) groups is 1. The zero-order chi connectivity index (χ0) is 11.5. The summed E-state index contributed by atoms with van der Waals surface area (Å²) in [4.78, 5) is 13.6. The van der Waals surface area contributed by atoms with Gasteiger partial charge in [0.25, 0.3) is 5.91 Å². The van der Waals surface area contributed by atoms with Crippen LogP contribution in [0.2, 0.25) is 0 Å². The van der Waals surface area contributed by atoms with Gasteiger partial charge in [-0.2, -0.15) is 0 Å². The first-order chi connectivity index (χ1) is 7.72. The first kappa shape index (κ1) is 10.6. The van der Waals surface area contributed by atoms with Gasteiger partial charge in [-0.05, 0) is 6.07 Å². The maximum Gasteiger partial charge on any atom is 0.279 e. The zero-order valence-electron chi connectivity index (χ0n) is 8.14. The molecule has 6 heteroatoms. The third kappa shape index (κ3) is 1.90. The van der Waals surface area contributed by atoms with Crippen molar-refractivity contribution in [3.05, 3.63) is 24.3 Å². The van der Waals surface area contributed by atoms with Crippen LogP contribution in [0.1, 0.15) is 0 Å². The lowest BCUT2D eigenvalue weighted by Gasteiger charge is -1.89. The Morgan fingerprint density at radius 1 is 1.44 bits per heavy atom. The minimum Gasteiger partial charge on any atom is -0.493 e. The molecular formula is C10H8ClN3O2. The Morgan fingerprint density at radius 2 is 2.19 bits per heavy atom. The van der Waals surface area contributed by atoms with Gasteiger partial charge in [0.1, 0.15) is 5.88 Å². The number of benzene rings is 1. The zero-order valence-corrected chi connectivity index (χ0v) is 8.90. The Morgan fingerprint density at radius 3 is 2.94 bits per heavy atom. The largest absolute Gasteiger partial charge is 0.493 e. The molecule has 2 rings (SSSR count). The van der Waals surface area contributed by atoms with Gasteiger partial charge >= 0.3 is 0 Å². The molecule has 1 aromatic heterocycles. The van der Waals surface area contributed by atoms with Crippen LogP contribution in [0.25, 0.3) is 10.9 Å². The van der Waals surface area contributed by atoms with Crippen molar-refractivity contribution >= 4 is 34.1 Å². The summed E-state index contributed by atoms with van der Waals surface area (Å²) in [5.41, 5.74) is 0.973. The van der Waals surface area contributed by atoms with Crippen molar-refractivity contribution < 1.29 is 9.90 Å². The molecule has 16 heavy (non-hydrogen) atoms. The highest BCUT2D eigenvalue weighted by molar-refractivity contribution is 6.27. The maximum absolute atomic E-state index is 10.9. The van der Waals surface area contributed by atoms with Gasteiger partial charge in [0.2, 0.25) is 5.88 Å². The maximum atomic E-state index is 10.9. The van der Waals surface area contributed by atoms with Gasteiger partial charge in [0, 0.05) is 5.39 Å². The number of azo groups is 1. The smallest absolute Gasteiger partial charge is 0.279 e. The SMILES string of the molecule is O=C(CCl)N=Nc1c(O)[nH]c2ccccc12. The van der Waals surface area contributed by atoms with Crippen molar-refractivity contribution in [1.29, 1.82) is 0 Å². The Kier molecular flexibility index (Phi) is 2.87. The predicted molar refractivity (Wildman–Crippen MR) is 60.2 cm³/mol. The van der Waals surface area contributed by atoms with E-state index in [1.54, 1.807) is 18.2 Å². The molecule has 0 bridgehead atoms. The van der Waals surface area contributed by atoms with Crippen LogP contribution in [0.15, 0.2) is 34.5 Å². The molecule has 0 atom stereocenters. The number of hydrogen-bond acceptors (Lipinski definition) is 3. The molecule has 0 radical (unpaired) electrons. The van der Waals surface area contributed by atoms with Gasteiger partial charge in [0.05, 0.1) is 5.52 Å². The van der Waals surface area contributed by atoms with Crippen molar-refractivity contribution in [2.75, 3.05) is 5.88 Å². The van der Waals surface area contributed by atoms with Crippen molar-refractivity contribution in [1.82, 2.24) is 4.98 Å². The molecule has 1 amide bonds. The number of hydrogen-bond donors (Lipinski definition) is 2. The van der Waals surface area contributed by atoms with E-state index in [0.717, 1.165) is 5.52 Å². The Labute approximate surface area is 95.8 Å². The van der Waals surface area contributed by atoms with Crippen LogP contribution in [-0.2, 0) is 4.79 Å². The summed E-state index contributed by atoms with van der Waals surface area (Å²) in [7, 11) is 0. The predicted octanol–water partition coefficient (Wildman–Crippen LogP) is 2.72. The highest BCUT2D eigenvalue weighted by atomic mass is 35.5. The third-order valence-corrected chi connectivity index (χ3v) is 2.26. The number of aromatic hydroxyl groups is 1. The quantitative estimate of drug-likeness (QED) is 0.622. The minimum absolute atomic E-state index is 0.118. The van der Waals surface area contributed by atoms with Crippen molar-refractivity contribution in [3.63, 3.8) is 0 Å². The number of amides is 1. The number of aromatic amines is 1. The third-order valence-electron chi connectivity index (χ3n) is 2.04. The molecule has 0 saturated heterocycles. The van der Waals surface area contributed by atoms with Crippen molar-refractivity contribution in [3.8, 4) is 5.88 Å². The Balaban J connectivity index is 2.47. The molecule has 82 valence electrons. The standard InChI is InChI=1S/C10H8ClN3O2/c11-5-8(15)13-14-9-6-3-1-2-4-7(6)12-10(9)16/h1-4,12,16H,5H2. The van der Waals surface area contributed by atoms with Crippen molar-refractivity contribution in [2.45, 2.75) is 0 Å². The lowest BCUT2D eigenvalue weighted by Crippen LogP contribution is -1.90. The Hall–Kier alpha value is -1.88. The summed E-state index contributed by atoms with van der Waals surface area (Å²) in [6.07, 6.45) is 0. The minimum atomic E-state index is -0.550. The molecule has 2 N–H and O–H groups in total. The second kappa shape index (κ2) is 4.32. The molecule has 0 aliphatic heterocycles. The number of H-pyrrole nitrogens is 1. The fourth-order valence-electron chi connectivity index (χ4n) is 1.35. The molecule has 0 fully saturated rings. The molecule has 2 aromatic rings. The topological polar surface area (TPSA) is 77.8 Å².